The van der Waals surface area contributed by atoms with Crippen LogP contribution in [0.4, 0.5) is 0 Å². The Labute approximate surface area is 134 Å². The first-order valence-electron chi connectivity index (χ1n) is 6.46. The Hall–Kier alpha value is -0.370. The Balaban J connectivity index is 2.20. The zero-order valence-electron chi connectivity index (χ0n) is 11.6. The Morgan fingerprint density at radius 2 is 1.90 bits per heavy atom. The van der Waals surface area contributed by atoms with Crippen LogP contribution in [0.5, 0.6) is 0 Å². The summed E-state index contributed by atoms with van der Waals surface area (Å²) in [6.45, 7) is 0.868. The zero-order valence-corrected chi connectivity index (χ0v) is 13.9. The number of rotatable bonds is 4. The third kappa shape index (κ3) is 3.88. The number of likely N-dealkylation sites (N-methyl/N-ethyl adjacent to an activating group) is 1. The topological polar surface area (TPSA) is 66.8 Å². The van der Waals surface area contributed by atoms with Crippen LogP contribution in [0.15, 0.2) is 23.1 Å². The van der Waals surface area contributed by atoms with Crippen molar-refractivity contribution in [3.05, 3.63) is 28.2 Å². The number of ether oxygens (including phenoxy) is 1. The molecule has 1 aliphatic rings. The Kier molecular flexibility index (Phi) is 5.18. The summed E-state index contributed by atoms with van der Waals surface area (Å²) in [5.41, 5.74) is -1.06. The monoisotopic (exact) mass is 353 g/mol. The molecule has 0 aromatic heterocycles. The van der Waals surface area contributed by atoms with E-state index in [4.69, 9.17) is 27.9 Å². The average molecular weight is 354 g/mol. The molecule has 0 amide bonds. The van der Waals surface area contributed by atoms with E-state index < -0.39 is 15.6 Å². The highest BCUT2D eigenvalue weighted by Gasteiger charge is 2.35. The van der Waals surface area contributed by atoms with Crippen LogP contribution in [0.3, 0.4) is 0 Å². The number of aliphatic hydroxyl groups is 1. The minimum atomic E-state index is -3.73. The number of hydrogen-bond donors (Lipinski definition) is 1. The molecule has 0 atom stereocenters. The molecule has 1 heterocycles. The maximum atomic E-state index is 12.5. The predicted octanol–water partition coefficient (Wildman–Crippen LogP) is 2.16. The molecule has 1 aromatic carbocycles. The molecular weight excluding hydrogens is 337 g/mol. The van der Waals surface area contributed by atoms with E-state index in [9.17, 15) is 13.5 Å². The van der Waals surface area contributed by atoms with E-state index in [1.165, 1.54) is 25.2 Å². The van der Waals surface area contributed by atoms with Crippen molar-refractivity contribution in [1.29, 1.82) is 0 Å². The fourth-order valence-corrected chi connectivity index (χ4v) is 3.87. The molecule has 118 valence electrons. The van der Waals surface area contributed by atoms with Gasteiger partial charge in [0.25, 0.3) is 0 Å². The number of halogens is 2. The molecular formula is C13H17Cl2NO4S. The second-order valence-corrected chi connectivity index (χ2v) is 8.03. The number of benzene rings is 1. The van der Waals surface area contributed by atoms with Gasteiger partial charge in [0.15, 0.2) is 0 Å². The smallest absolute Gasteiger partial charge is 0.242 e. The summed E-state index contributed by atoms with van der Waals surface area (Å²) in [5, 5.41) is 10.9. The summed E-state index contributed by atoms with van der Waals surface area (Å²) >= 11 is 11.7. The number of hydrogen-bond acceptors (Lipinski definition) is 4. The highest BCUT2D eigenvalue weighted by atomic mass is 35.5. The Bertz CT molecular complexity index is 615. The van der Waals surface area contributed by atoms with Crippen LogP contribution in [0.1, 0.15) is 12.8 Å². The lowest BCUT2D eigenvalue weighted by Crippen LogP contribution is -2.47. The molecule has 0 unspecified atom stereocenters. The minimum absolute atomic E-state index is 0.0128. The van der Waals surface area contributed by atoms with Crippen molar-refractivity contribution in [2.24, 2.45) is 0 Å². The molecule has 0 aliphatic carbocycles. The quantitative estimate of drug-likeness (QED) is 0.900. The summed E-state index contributed by atoms with van der Waals surface area (Å²) in [6.07, 6.45) is 0.822. The van der Waals surface area contributed by atoms with Crippen molar-refractivity contribution in [1.82, 2.24) is 4.31 Å². The third-order valence-electron chi connectivity index (χ3n) is 3.54. The predicted molar refractivity (Wildman–Crippen MR) is 81.3 cm³/mol. The van der Waals surface area contributed by atoms with Gasteiger partial charge in [-0.05, 0) is 18.2 Å². The number of sulfonamides is 1. The maximum Gasteiger partial charge on any atom is 0.242 e. The molecule has 0 spiro atoms. The summed E-state index contributed by atoms with van der Waals surface area (Å²) in [6, 6.07) is 4.14. The van der Waals surface area contributed by atoms with Crippen molar-refractivity contribution in [2.75, 3.05) is 26.8 Å². The molecule has 0 radical (unpaired) electrons. The van der Waals surface area contributed by atoms with Crippen molar-refractivity contribution >= 4 is 33.2 Å². The van der Waals surface area contributed by atoms with Gasteiger partial charge in [-0.3, -0.25) is 0 Å². The third-order valence-corrected chi connectivity index (χ3v) is 6.08. The van der Waals surface area contributed by atoms with Crippen LogP contribution >= 0.6 is 23.2 Å². The highest BCUT2D eigenvalue weighted by Crippen LogP contribution is 2.28. The van der Waals surface area contributed by atoms with Gasteiger partial charge in [-0.2, -0.15) is 4.31 Å². The van der Waals surface area contributed by atoms with Crippen LogP contribution in [0, 0.1) is 0 Å². The largest absolute Gasteiger partial charge is 0.388 e. The molecule has 0 bridgehead atoms. The molecule has 1 fully saturated rings. The first kappa shape index (κ1) is 17.0. The average Bonchev–Trinajstić information content (AvgIpc) is 2.42. The fourth-order valence-electron chi connectivity index (χ4n) is 2.23. The lowest BCUT2D eigenvalue weighted by molar-refractivity contribution is -0.0689. The van der Waals surface area contributed by atoms with E-state index in [2.05, 4.69) is 0 Å². The molecule has 1 aliphatic heterocycles. The summed E-state index contributed by atoms with van der Waals surface area (Å²) in [5.74, 6) is 0. The highest BCUT2D eigenvalue weighted by molar-refractivity contribution is 7.89. The van der Waals surface area contributed by atoms with E-state index in [0.29, 0.717) is 31.1 Å². The molecule has 21 heavy (non-hydrogen) atoms. The Morgan fingerprint density at radius 3 is 2.48 bits per heavy atom. The summed E-state index contributed by atoms with van der Waals surface area (Å²) in [7, 11) is -2.29. The molecule has 0 saturated carbocycles. The molecule has 1 aromatic rings. The number of nitrogens with zero attached hydrogens (tertiary/aromatic N) is 1. The first-order valence-corrected chi connectivity index (χ1v) is 8.66. The summed E-state index contributed by atoms with van der Waals surface area (Å²) in [4.78, 5) is 0.0510. The van der Waals surface area contributed by atoms with Gasteiger partial charge < -0.3 is 9.84 Å². The van der Waals surface area contributed by atoms with E-state index in [0.717, 1.165) is 4.31 Å². The van der Waals surface area contributed by atoms with Crippen LogP contribution in [-0.4, -0.2) is 50.2 Å². The van der Waals surface area contributed by atoms with Crippen LogP contribution < -0.4 is 0 Å². The van der Waals surface area contributed by atoms with Crippen molar-refractivity contribution in [2.45, 2.75) is 23.3 Å². The van der Waals surface area contributed by atoms with Crippen LogP contribution in [0.25, 0.3) is 0 Å². The second kappa shape index (κ2) is 6.40. The SMILES string of the molecule is CN(CC1(O)CCOCC1)S(=O)(=O)c1ccc(Cl)c(Cl)c1. The second-order valence-electron chi connectivity index (χ2n) is 5.17. The van der Waals surface area contributed by atoms with E-state index >= 15 is 0 Å². The van der Waals surface area contributed by atoms with Gasteiger partial charge in [0.1, 0.15) is 0 Å². The standard InChI is InChI=1S/C13H17Cl2NO4S/c1-16(9-13(17)4-6-20-7-5-13)21(18,19)10-2-3-11(14)12(15)8-10/h2-3,8,17H,4-7,9H2,1H3. The molecule has 1 N–H and O–H groups in total. The van der Waals surface area contributed by atoms with Crippen molar-refractivity contribution < 1.29 is 18.3 Å². The van der Waals surface area contributed by atoms with Crippen LogP contribution in [-0.2, 0) is 14.8 Å². The molecule has 2 rings (SSSR count). The maximum absolute atomic E-state index is 12.5. The van der Waals surface area contributed by atoms with Gasteiger partial charge in [0, 0.05) is 39.6 Å². The normalized spacial score (nSPS) is 18.9. The molecule has 8 heteroatoms. The fraction of sp³-hybridized carbons (Fsp3) is 0.538. The lowest BCUT2D eigenvalue weighted by atomic mass is 9.95. The lowest BCUT2D eigenvalue weighted by Gasteiger charge is -2.35. The van der Waals surface area contributed by atoms with E-state index in [1.807, 2.05) is 0 Å². The van der Waals surface area contributed by atoms with E-state index in [1.54, 1.807) is 0 Å². The van der Waals surface area contributed by atoms with Crippen molar-refractivity contribution in [3.63, 3.8) is 0 Å². The zero-order chi connectivity index (χ0) is 15.7. The van der Waals surface area contributed by atoms with Gasteiger partial charge in [0.2, 0.25) is 10.0 Å². The molecule has 1 saturated heterocycles. The first-order chi connectivity index (χ1) is 9.74. The molecule has 5 nitrogen and oxygen atoms in total. The van der Waals surface area contributed by atoms with Gasteiger partial charge in [-0.1, -0.05) is 23.2 Å². The van der Waals surface area contributed by atoms with Gasteiger partial charge in [0.05, 0.1) is 20.5 Å². The van der Waals surface area contributed by atoms with Crippen molar-refractivity contribution in [3.8, 4) is 0 Å². The van der Waals surface area contributed by atoms with Gasteiger partial charge >= 0.3 is 0 Å². The minimum Gasteiger partial charge on any atom is -0.388 e. The van der Waals surface area contributed by atoms with E-state index in [-0.39, 0.29) is 16.5 Å². The Morgan fingerprint density at radius 1 is 1.29 bits per heavy atom. The van der Waals surface area contributed by atoms with Crippen LogP contribution in [0.2, 0.25) is 10.0 Å². The van der Waals surface area contributed by atoms with Gasteiger partial charge in [-0.25, -0.2) is 8.42 Å². The van der Waals surface area contributed by atoms with Gasteiger partial charge in [-0.15, -0.1) is 0 Å². The summed E-state index contributed by atoms with van der Waals surface area (Å²) < 4.78 is 31.3.